The largest absolute Gasteiger partial charge is 0.341 e. The Morgan fingerprint density at radius 1 is 1.47 bits per heavy atom. The van der Waals surface area contributed by atoms with Gasteiger partial charge in [-0.1, -0.05) is 0 Å². The van der Waals surface area contributed by atoms with Gasteiger partial charge in [-0.15, -0.1) is 11.8 Å². The van der Waals surface area contributed by atoms with E-state index in [1.165, 1.54) is 18.0 Å². The van der Waals surface area contributed by atoms with Crippen molar-refractivity contribution in [3.8, 4) is 0 Å². The molecule has 1 unspecified atom stereocenters. The highest BCUT2D eigenvalue weighted by Crippen LogP contribution is 2.20. The number of likely N-dealkylation sites (tertiary alicyclic amines) is 1. The quantitative estimate of drug-likeness (QED) is 0.770. The van der Waals surface area contributed by atoms with E-state index in [2.05, 4.69) is 4.98 Å². The number of thioether (sulfide) groups is 1. The molecular weight excluding hydrogens is 284 g/mol. The van der Waals surface area contributed by atoms with Crippen molar-refractivity contribution >= 4 is 27.5 Å². The molecule has 0 radical (unpaired) electrons. The zero-order valence-electron chi connectivity index (χ0n) is 10.7. The second-order valence-electron chi connectivity index (χ2n) is 4.55. The van der Waals surface area contributed by atoms with Gasteiger partial charge in [-0.05, 0) is 18.6 Å². The van der Waals surface area contributed by atoms with Gasteiger partial charge in [-0.25, -0.2) is 8.42 Å². The number of rotatable bonds is 4. The molecule has 1 aromatic rings. The molecule has 1 saturated heterocycles. The van der Waals surface area contributed by atoms with Gasteiger partial charge < -0.3 is 4.90 Å². The van der Waals surface area contributed by atoms with Crippen LogP contribution in [0.2, 0.25) is 0 Å². The Morgan fingerprint density at radius 2 is 2.16 bits per heavy atom. The van der Waals surface area contributed by atoms with Crippen LogP contribution in [0.5, 0.6) is 0 Å². The molecule has 19 heavy (non-hydrogen) atoms. The van der Waals surface area contributed by atoms with Crippen LogP contribution in [0.25, 0.3) is 0 Å². The average Bonchev–Trinajstić information content (AvgIpc) is 2.87. The van der Waals surface area contributed by atoms with Crippen molar-refractivity contribution in [1.29, 1.82) is 0 Å². The van der Waals surface area contributed by atoms with Crippen molar-refractivity contribution in [2.75, 3.05) is 25.1 Å². The fourth-order valence-corrected chi connectivity index (χ4v) is 3.75. The van der Waals surface area contributed by atoms with E-state index in [-0.39, 0.29) is 5.91 Å². The van der Waals surface area contributed by atoms with Gasteiger partial charge >= 0.3 is 0 Å². The smallest absolute Gasteiger partial charge is 0.232 e. The fraction of sp³-hybridized carbons (Fsp3) is 0.500. The number of carbonyl (C=O) groups is 1. The van der Waals surface area contributed by atoms with Crippen LogP contribution in [0.15, 0.2) is 29.4 Å². The van der Waals surface area contributed by atoms with Crippen molar-refractivity contribution in [3.63, 3.8) is 0 Å². The van der Waals surface area contributed by atoms with E-state index in [9.17, 15) is 13.2 Å². The SMILES string of the molecule is CS(=O)(=O)C1CCN(C(=O)CSc2ccncc2)C1. The van der Waals surface area contributed by atoms with Gasteiger partial charge in [-0.2, -0.15) is 0 Å². The molecule has 2 rings (SSSR count). The minimum Gasteiger partial charge on any atom is -0.341 e. The first-order chi connectivity index (χ1) is 8.97. The third kappa shape index (κ3) is 3.94. The summed E-state index contributed by atoms with van der Waals surface area (Å²) in [5.41, 5.74) is 0. The molecule has 104 valence electrons. The van der Waals surface area contributed by atoms with Crippen molar-refractivity contribution in [2.24, 2.45) is 0 Å². The van der Waals surface area contributed by atoms with Crippen molar-refractivity contribution in [1.82, 2.24) is 9.88 Å². The Bertz CT molecular complexity index is 545. The number of amides is 1. The first-order valence-electron chi connectivity index (χ1n) is 5.96. The first kappa shape index (κ1) is 14.3. The topological polar surface area (TPSA) is 67.3 Å². The minimum atomic E-state index is -3.05. The van der Waals surface area contributed by atoms with E-state index < -0.39 is 15.1 Å². The molecule has 0 N–H and O–H groups in total. The standard InChI is InChI=1S/C12H16N2O3S2/c1-19(16,17)11-4-7-14(8-11)12(15)9-18-10-2-5-13-6-3-10/h2-3,5-6,11H,4,7-9H2,1H3. The molecule has 2 heterocycles. The molecule has 0 bridgehead atoms. The highest BCUT2D eigenvalue weighted by atomic mass is 32.2. The predicted octanol–water partition coefficient (Wildman–Crippen LogP) is 0.819. The lowest BCUT2D eigenvalue weighted by molar-refractivity contribution is -0.127. The van der Waals surface area contributed by atoms with E-state index in [0.29, 0.717) is 25.3 Å². The molecule has 1 aliphatic heterocycles. The maximum Gasteiger partial charge on any atom is 0.232 e. The lowest BCUT2D eigenvalue weighted by atomic mass is 10.4. The molecule has 0 aliphatic carbocycles. The number of hydrogen-bond acceptors (Lipinski definition) is 5. The van der Waals surface area contributed by atoms with Crippen LogP contribution in [0, 0.1) is 0 Å². The van der Waals surface area contributed by atoms with Crippen LogP contribution in [0.4, 0.5) is 0 Å². The van der Waals surface area contributed by atoms with E-state index in [1.54, 1.807) is 17.3 Å². The average molecular weight is 300 g/mol. The maximum atomic E-state index is 12.0. The van der Waals surface area contributed by atoms with Gasteiger partial charge in [0.05, 0.1) is 11.0 Å². The van der Waals surface area contributed by atoms with Crippen LogP contribution in [-0.4, -0.2) is 54.6 Å². The zero-order chi connectivity index (χ0) is 13.9. The number of aromatic nitrogens is 1. The Kier molecular flexibility index (Phi) is 4.46. The molecule has 0 aromatic carbocycles. The third-order valence-electron chi connectivity index (χ3n) is 3.12. The number of pyridine rings is 1. The molecule has 1 amide bonds. The summed E-state index contributed by atoms with van der Waals surface area (Å²) in [7, 11) is -3.05. The molecule has 1 aromatic heterocycles. The van der Waals surface area contributed by atoms with Gasteiger partial charge in [0.1, 0.15) is 0 Å². The van der Waals surface area contributed by atoms with Crippen molar-refractivity contribution in [3.05, 3.63) is 24.5 Å². The highest BCUT2D eigenvalue weighted by Gasteiger charge is 2.32. The van der Waals surface area contributed by atoms with Crippen molar-refractivity contribution < 1.29 is 13.2 Å². The van der Waals surface area contributed by atoms with Crippen LogP contribution < -0.4 is 0 Å². The second kappa shape index (κ2) is 5.92. The monoisotopic (exact) mass is 300 g/mol. The van der Waals surface area contributed by atoms with E-state index in [0.717, 1.165) is 4.90 Å². The van der Waals surface area contributed by atoms with Gasteiger partial charge in [0, 0.05) is 36.6 Å². The Labute approximate surface area is 117 Å². The lowest BCUT2D eigenvalue weighted by Crippen LogP contribution is -2.32. The summed E-state index contributed by atoms with van der Waals surface area (Å²) in [6, 6.07) is 3.70. The summed E-state index contributed by atoms with van der Waals surface area (Å²) in [4.78, 5) is 18.5. The number of hydrogen-bond donors (Lipinski definition) is 0. The van der Waals surface area contributed by atoms with Crippen LogP contribution in [0.3, 0.4) is 0 Å². The normalized spacial score (nSPS) is 19.6. The number of sulfone groups is 1. The Morgan fingerprint density at radius 3 is 2.74 bits per heavy atom. The molecule has 0 saturated carbocycles. The first-order valence-corrected chi connectivity index (χ1v) is 8.90. The van der Waals surface area contributed by atoms with Crippen LogP contribution in [-0.2, 0) is 14.6 Å². The minimum absolute atomic E-state index is 0.00652. The van der Waals surface area contributed by atoms with Crippen LogP contribution >= 0.6 is 11.8 Å². The van der Waals surface area contributed by atoms with E-state index in [1.807, 2.05) is 12.1 Å². The fourth-order valence-electron chi connectivity index (χ4n) is 1.98. The molecule has 1 aliphatic rings. The van der Waals surface area contributed by atoms with Gasteiger partial charge in [0.2, 0.25) is 5.91 Å². The van der Waals surface area contributed by atoms with E-state index in [4.69, 9.17) is 0 Å². The van der Waals surface area contributed by atoms with Gasteiger partial charge in [0.25, 0.3) is 0 Å². The van der Waals surface area contributed by atoms with Crippen molar-refractivity contribution in [2.45, 2.75) is 16.6 Å². The van der Waals surface area contributed by atoms with Crippen LogP contribution in [0.1, 0.15) is 6.42 Å². The molecule has 5 nitrogen and oxygen atoms in total. The number of carbonyl (C=O) groups excluding carboxylic acids is 1. The molecule has 1 atom stereocenters. The summed E-state index contributed by atoms with van der Waals surface area (Å²) >= 11 is 1.44. The summed E-state index contributed by atoms with van der Waals surface area (Å²) in [6.45, 7) is 0.863. The summed E-state index contributed by atoms with van der Waals surface area (Å²) in [5, 5.41) is -0.401. The second-order valence-corrected chi connectivity index (χ2v) is 7.93. The molecule has 7 heteroatoms. The van der Waals surface area contributed by atoms with Gasteiger partial charge in [0.15, 0.2) is 9.84 Å². The summed E-state index contributed by atoms with van der Waals surface area (Å²) < 4.78 is 22.9. The molecule has 0 spiro atoms. The Balaban J connectivity index is 1.85. The zero-order valence-corrected chi connectivity index (χ0v) is 12.3. The molecular formula is C12H16N2O3S2. The highest BCUT2D eigenvalue weighted by molar-refractivity contribution is 8.00. The lowest BCUT2D eigenvalue weighted by Gasteiger charge is -2.15. The summed E-state index contributed by atoms with van der Waals surface area (Å²) in [5.74, 6) is 0.327. The third-order valence-corrected chi connectivity index (χ3v) is 5.71. The predicted molar refractivity (Wildman–Crippen MR) is 74.8 cm³/mol. The van der Waals surface area contributed by atoms with Gasteiger partial charge in [-0.3, -0.25) is 9.78 Å². The summed E-state index contributed by atoms with van der Waals surface area (Å²) in [6.07, 6.45) is 5.15. The maximum absolute atomic E-state index is 12.0. The Hall–Kier alpha value is -1.08. The molecule has 1 fully saturated rings. The number of nitrogens with zero attached hydrogens (tertiary/aromatic N) is 2. The van der Waals surface area contributed by atoms with E-state index >= 15 is 0 Å².